The second-order valence-electron chi connectivity index (χ2n) is 43.6. The average Bonchev–Trinajstić information content (AvgIpc) is 1.64. The number of aryl methyl sites for hydroxylation is 6. The molecule has 5 aliphatic heterocycles. The van der Waals surface area contributed by atoms with E-state index in [9.17, 15) is 0 Å². The zero-order valence-electron chi connectivity index (χ0n) is 80.6. The van der Waals surface area contributed by atoms with Crippen LogP contribution in [0.4, 0.5) is 0 Å². The number of aromatic amines is 2. The Balaban J connectivity index is 0.0000117. The topological polar surface area (TPSA) is 130 Å². The number of hydrogen-bond acceptors (Lipinski definition) is 6. The van der Waals surface area contributed by atoms with E-state index in [1.807, 2.05) is 0 Å². The van der Waals surface area contributed by atoms with Crippen molar-refractivity contribution in [3.05, 3.63) is 294 Å². The first kappa shape index (κ1) is 89.3. The predicted octanol–water partition coefficient (Wildman–Crippen LogP) is 30.9. The standard InChI is InChI=1S/C118H122N8O2.Zn/c1-66-51-68(3)101(69(4)52-66)109-97-47-43-87(123-97)104(88-44-48-98(124-88)110(102-70(5)53-67(2)54-71(102)6)100-50-46-90(126-100)105(89-45-49-99(109)125-89)74-31-33-75(34-32-74)111-127-64-118(25,26)65-128-111)73-29-27-72(28-30-73)103-85-35-37-91(119-85)106(76-55-79(112(7,8)9)61-80(56-76)113(10,11)12)93-39-41-95(121-93)108(78-59-83(116(19,20)21)63-84(60-78)117(22,23)24)96-42-40-94(122-96)107(92-38-36-86(103)120-92)77-57-81(114(13,14)15)62-82(58-77)115(16,17)18;/h27-63,111,123,126H,64-65H2,1-26H3;/q-2;+2. The van der Waals surface area contributed by atoms with E-state index in [2.05, 4.69) is 415 Å². The number of H-pyrrole nitrogens is 2. The third-order valence-electron chi connectivity index (χ3n) is 26.3. The van der Waals surface area contributed by atoms with Crippen LogP contribution in [-0.4, -0.2) is 43.1 Å². The molecule has 0 atom stereocenters. The molecule has 1 saturated heterocycles. The Kier molecular flexibility index (Phi) is 22.7. The number of benzene rings is 7. The fourth-order valence-electron chi connectivity index (χ4n) is 19.2. The van der Waals surface area contributed by atoms with Crippen molar-refractivity contribution >= 4 is 92.7 Å². The maximum absolute atomic E-state index is 6.35. The van der Waals surface area contributed by atoms with Crippen molar-refractivity contribution in [2.24, 2.45) is 5.41 Å². The van der Waals surface area contributed by atoms with Crippen LogP contribution in [-0.2, 0) is 61.4 Å². The number of rotatable bonds is 9. The second kappa shape index (κ2) is 32.7. The van der Waals surface area contributed by atoms with E-state index in [1.165, 1.54) is 44.5 Å². The molecule has 11 heterocycles. The molecule has 0 radical (unpaired) electrons. The van der Waals surface area contributed by atoms with Crippen molar-refractivity contribution in [2.45, 2.75) is 219 Å². The number of aromatic nitrogens is 8. The molecule has 0 saturated carbocycles. The van der Waals surface area contributed by atoms with Gasteiger partial charge in [-0.15, -0.1) is 22.1 Å². The van der Waals surface area contributed by atoms with Crippen molar-refractivity contribution in [3.63, 3.8) is 0 Å². The Labute approximate surface area is 776 Å². The molecule has 129 heavy (non-hydrogen) atoms. The molecule has 2 N–H and O–H groups in total. The van der Waals surface area contributed by atoms with Crippen LogP contribution < -0.4 is 9.97 Å². The Morgan fingerprint density at radius 1 is 0.271 bits per heavy atom. The number of nitrogens with zero attached hydrogens (tertiary/aromatic N) is 6. The molecule has 10 nitrogen and oxygen atoms in total. The first-order valence-corrected chi connectivity index (χ1v) is 45.7. The molecule has 11 heteroatoms. The molecular weight excluding hydrogens is 1630 g/mol. The summed E-state index contributed by atoms with van der Waals surface area (Å²) in [7, 11) is 0. The fourth-order valence-corrected chi connectivity index (χ4v) is 19.2. The summed E-state index contributed by atoms with van der Waals surface area (Å²) in [4.78, 5) is 43.7. The molecule has 18 rings (SSSR count). The van der Waals surface area contributed by atoms with Crippen molar-refractivity contribution in [1.29, 1.82) is 0 Å². The average molecular weight is 1750 g/mol. The summed E-state index contributed by atoms with van der Waals surface area (Å²) in [6.45, 7) is 60.5. The number of nitrogens with one attached hydrogen (secondary N) is 2. The zero-order chi connectivity index (χ0) is 90.7. The summed E-state index contributed by atoms with van der Waals surface area (Å²) >= 11 is 0. The molecule has 1 fully saturated rings. The van der Waals surface area contributed by atoms with Gasteiger partial charge in [-0.1, -0.05) is 301 Å². The Bertz CT molecular complexity index is 6970. The van der Waals surface area contributed by atoms with Gasteiger partial charge in [0.25, 0.3) is 0 Å². The van der Waals surface area contributed by atoms with Gasteiger partial charge in [0.1, 0.15) is 0 Å². The van der Waals surface area contributed by atoms with E-state index < -0.39 is 6.29 Å². The van der Waals surface area contributed by atoms with E-state index in [1.54, 1.807) is 0 Å². The molecule has 16 bridgehead atoms. The summed E-state index contributed by atoms with van der Waals surface area (Å²) < 4.78 is 12.7. The molecular formula is C118H122N8O2Zn. The molecule has 0 amide bonds. The van der Waals surface area contributed by atoms with Gasteiger partial charge in [-0.3, -0.25) is 0 Å². The summed E-state index contributed by atoms with van der Waals surface area (Å²) in [6, 6.07) is 66.2. The monoisotopic (exact) mass is 1750 g/mol. The molecule has 5 aliphatic rings. The third kappa shape index (κ3) is 17.3. The molecule has 6 aromatic heterocycles. The summed E-state index contributed by atoms with van der Waals surface area (Å²) in [6.07, 6.45) is 17.2. The van der Waals surface area contributed by atoms with Crippen LogP contribution in [0.3, 0.4) is 0 Å². The molecule has 0 aliphatic carbocycles. The Hall–Kier alpha value is -11.7. The van der Waals surface area contributed by atoms with Gasteiger partial charge in [0.15, 0.2) is 6.29 Å². The van der Waals surface area contributed by atoms with Crippen LogP contribution in [0, 0.1) is 47.0 Å². The van der Waals surface area contributed by atoms with Gasteiger partial charge in [-0.2, -0.15) is 0 Å². The smallest absolute Gasteiger partial charge is 0.657 e. The van der Waals surface area contributed by atoms with E-state index in [0.29, 0.717) is 13.2 Å². The van der Waals surface area contributed by atoms with Crippen LogP contribution in [0.15, 0.2) is 176 Å². The van der Waals surface area contributed by atoms with Crippen molar-refractivity contribution in [2.75, 3.05) is 13.2 Å². The van der Waals surface area contributed by atoms with Crippen molar-refractivity contribution in [3.8, 4) is 89.0 Å². The van der Waals surface area contributed by atoms with Crippen LogP contribution in [0.2, 0.25) is 0 Å². The van der Waals surface area contributed by atoms with Gasteiger partial charge >= 0.3 is 19.5 Å². The van der Waals surface area contributed by atoms with Crippen LogP contribution in [0.25, 0.3) is 182 Å². The normalized spacial score (nSPS) is 14.3. The minimum atomic E-state index is -0.455. The van der Waals surface area contributed by atoms with Gasteiger partial charge in [-0.05, 0) is 269 Å². The fraction of sp³-hybridized carbons (Fsp3) is 0.305. The number of ether oxygens (including phenoxy) is 2. The summed E-state index contributed by atoms with van der Waals surface area (Å²) in [5.41, 5.74) is 43.9. The Morgan fingerprint density at radius 3 is 0.760 bits per heavy atom. The molecule has 0 spiro atoms. The third-order valence-corrected chi connectivity index (χ3v) is 26.3. The van der Waals surface area contributed by atoms with E-state index in [0.717, 1.165) is 207 Å². The molecule has 13 aromatic rings. The zero-order valence-corrected chi connectivity index (χ0v) is 83.5. The van der Waals surface area contributed by atoms with Crippen LogP contribution in [0.5, 0.6) is 0 Å². The minimum Gasteiger partial charge on any atom is -0.657 e. The summed E-state index contributed by atoms with van der Waals surface area (Å²) in [5, 5.41) is 0. The van der Waals surface area contributed by atoms with Gasteiger partial charge < -0.3 is 29.4 Å². The Morgan fingerprint density at radius 2 is 0.496 bits per heavy atom. The van der Waals surface area contributed by atoms with Gasteiger partial charge in [-0.25, -0.2) is 19.9 Å². The second-order valence-corrected chi connectivity index (χ2v) is 43.6. The SMILES string of the molecule is Cc1cc(C)c(-c2c3nc(c(-c4ccc(C5OCC(C)(C)CO5)cc4)c4ccc([nH]4)c(-c4c(C)cc(C)cc4C)c4nc(c(-c5ccc(-c6c7nc(c(-c8cc(C(C)(C)C)cc(C(C)(C)C)c8)c8ccc([n-]8)c(-c8cc(C(C)(C)C)cc(C(C)(C)C)c8)c8nc(c(-c9cc(C(C)(C)C)cc(C(C)(C)C)c9)c9ccc6[n-]9)C=C8)C=C7)cc5)c5ccc2[nH]5)C=C4)C=C3)c(C)c1.[Zn+2]. The quantitative estimate of drug-likeness (QED) is 0.137. The largest absolute Gasteiger partial charge is 2.00 e. The van der Waals surface area contributed by atoms with E-state index in [4.69, 9.17) is 39.4 Å². The first-order valence-electron chi connectivity index (χ1n) is 45.7. The maximum atomic E-state index is 6.35. The van der Waals surface area contributed by atoms with Gasteiger partial charge in [0, 0.05) is 55.3 Å². The minimum absolute atomic E-state index is 0. The van der Waals surface area contributed by atoms with Crippen LogP contribution >= 0.6 is 0 Å². The molecule has 0 unspecified atom stereocenters. The van der Waals surface area contributed by atoms with Crippen molar-refractivity contribution in [1.82, 2.24) is 39.9 Å². The summed E-state index contributed by atoms with van der Waals surface area (Å²) in [5.74, 6) is 0. The first-order chi connectivity index (χ1) is 60.3. The predicted molar refractivity (Wildman–Crippen MR) is 542 cm³/mol. The number of hydrogen-bond donors (Lipinski definition) is 2. The molecule has 648 valence electrons. The van der Waals surface area contributed by atoms with Crippen molar-refractivity contribution < 1.29 is 29.0 Å². The van der Waals surface area contributed by atoms with Gasteiger partial charge in [0.05, 0.1) is 58.8 Å². The number of fused-ring (bicyclic) bond motifs is 16. The van der Waals surface area contributed by atoms with Crippen LogP contribution in [0.1, 0.15) is 263 Å². The van der Waals surface area contributed by atoms with Gasteiger partial charge in [0.2, 0.25) is 0 Å². The maximum Gasteiger partial charge on any atom is 2.00 e. The molecule has 7 aromatic carbocycles. The van der Waals surface area contributed by atoms with E-state index in [-0.39, 0.29) is 57.4 Å². The van der Waals surface area contributed by atoms with E-state index >= 15 is 0 Å².